The van der Waals surface area contributed by atoms with E-state index in [2.05, 4.69) is 29.3 Å². The van der Waals surface area contributed by atoms with Crippen LogP contribution in [0.1, 0.15) is 26.2 Å². The largest absolute Gasteiger partial charge is 0.399 e. The predicted octanol–water partition coefficient (Wildman–Crippen LogP) is 2.24. The van der Waals surface area contributed by atoms with Crippen LogP contribution in [0.25, 0.3) is 0 Å². The van der Waals surface area contributed by atoms with E-state index in [9.17, 15) is 0 Å². The van der Waals surface area contributed by atoms with Gasteiger partial charge in [0.25, 0.3) is 0 Å². The van der Waals surface area contributed by atoms with Crippen molar-refractivity contribution in [2.24, 2.45) is 0 Å². The normalized spacial score (nSPS) is 19.8. The maximum Gasteiger partial charge on any atom is 0.0368 e. The van der Waals surface area contributed by atoms with Crippen LogP contribution in [-0.2, 0) is 0 Å². The molecule has 2 rings (SSSR count). The van der Waals surface area contributed by atoms with E-state index in [1.807, 2.05) is 12.1 Å². The molecule has 0 radical (unpaired) electrons. The number of hydrogen-bond donors (Lipinski definition) is 2. The van der Waals surface area contributed by atoms with Crippen molar-refractivity contribution < 1.29 is 0 Å². The summed E-state index contributed by atoms with van der Waals surface area (Å²) in [4.78, 5) is 2.43. The molecule has 1 saturated heterocycles. The van der Waals surface area contributed by atoms with Gasteiger partial charge in [-0.1, -0.05) is 13.3 Å². The molecular weight excluding hydrogens is 210 g/mol. The Balaban J connectivity index is 1.83. The van der Waals surface area contributed by atoms with E-state index in [4.69, 9.17) is 5.73 Å². The third-order valence-corrected chi connectivity index (χ3v) is 3.41. The molecule has 0 saturated carbocycles. The van der Waals surface area contributed by atoms with Crippen LogP contribution in [0.4, 0.5) is 11.4 Å². The van der Waals surface area contributed by atoms with Gasteiger partial charge in [0.05, 0.1) is 0 Å². The molecule has 17 heavy (non-hydrogen) atoms. The zero-order valence-corrected chi connectivity index (χ0v) is 10.7. The quantitative estimate of drug-likeness (QED) is 0.605. The number of nitrogens with two attached hydrogens (primary N) is 1. The van der Waals surface area contributed by atoms with E-state index in [0.717, 1.165) is 25.3 Å². The van der Waals surface area contributed by atoms with E-state index in [0.29, 0.717) is 6.04 Å². The molecule has 1 aromatic rings. The highest BCUT2D eigenvalue weighted by atomic mass is 15.2. The lowest BCUT2D eigenvalue weighted by molar-refractivity contribution is 0.536. The molecule has 3 heteroatoms. The minimum absolute atomic E-state index is 0.652. The number of unbranched alkanes of at least 4 members (excludes halogenated alkanes) is 1. The highest BCUT2D eigenvalue weighted by Gasteiger charge is 2.21. The first-order valence-corrected chi connectivity index (χ1v) is 6.63. The highest BCUT2D eigenvalue weighted by molar-refractivity contribution is 5.53. The molecule has 1 atom stereocenters. The molecule has 0 aliphatic carbocycles. The number of anilines is 2. The van der Waals surface area contributed by atoms with Crippen LogP contribution < -0.4 is 16.0 Å². The molecule has 1 unspecified atom stereocenters. The van der Waals surface area contributed by atoms with Gasteiger partial charge in [-0.3, -0.25) is 0 Å². The molecule has 3 N–H and O–H groups in total. The third kappa shape index (κ3) is 3.37. The summed E-state index contributed by atoms with van der Waals surface area (Å²) >= 11 is 0. The zero-order valence-electron chi connectivity index (χ0n) is 10.7. The second-order valence-electron chi connectivity index (χ2n) is 4.83. The Morgan fingerprint density at radius 2 is 2.12 bits per heavy atom. The van der Waals surface area contributed by atoms with E-state index in [1.165, 1.54) is 24.9 Å². The standard InChI is InChI=1S/C14H23N3/c1-2-3-9-16-13-8-10-17(11-13)14-6-4-12(15)5-7-14/h4-7,13,16H,2-3,8-11,15H2,1H3. The lowest BCUT2D eigenvalue weighted by Crippen LogP contribution is -2.33. The van der Waals surface area contributed by atoms with E-state index < -0.39 is 0 Å². The monoisotopic (exact) mass is 233 g/mol. The molecule has 0 bridgehead atoms. The van der Waals surface area contributed by atoms with Crippen LogP contribution in [-0.4, -0.2) is 25.7 Å². The lowest BCUT2D eigenvalue weighted by Gasteiger charge is -2.19. The smallest absolute Gasteiger partial charge is 0.0368 e. The highest BCUT2D eigenvalue weighted by Crippen LogP contribution is 2.21. The number of benzene rings is 1. The fourth-order valence-electron chi connectivity index (χ4n) is 2.33. The summed E-state index contributed by atoms with van der Waals surface area (Å²) in [6, 6.07) is 8.84. The first-order chi connectivity index (χ1) is 8.29. The average Bonchev–Trinajstić information content (AvgIpc) is 2.79. The third-order valence-electron chi connectivity index (χ3n) is 3.41. The average molecular weight is 233 g/mol. The van der Waals surface area contributed by atoms with Gasteiger partial charge in [0.1, 0.15) is 0 Å². The lowest BCUT2D eigenvalue weighted by atomic mass is 10.2. The summed E-state index contributed by atoms with van der Waals surface area (Å²) in [6.45, 7) is 5.65. The van der Waals surface area contributed by atoms with Crippen molar-refractivity contribution >= 4 is 11.4 Å². The molecule has 1 fully saturated rings. The van der Waals surface area contributed by atoms with Gasteiger partial charge in [-0.25, -0.2) is 0 Å². The Morgan fingerprint density at radius 1 is 1.35 bits per heavy atom. The van der Waals surface area contributed by atoms with Gasteiger partial charge in [0.15, 0.2) is 0 Å². The maximum atomic E-state index is 5.70. The number of nitrogens with one attached hydrogen (secondary N) is 1. The fourth-order valence-corrected chi connectivity index (χ4v) is 2.33. The number of nitrogens with zero attached hydrogens (tertiary/aromatic N) is 1. The summed E-state index contributed by atoms with van der Waals surface area (Å²) in [7, 11) is 0. The van der Waals surface area contributed by atoms with Gasteiger partial charge in [-0.2, -0.15) is 0 Å². The summed E-state index contributed by atoms with van der Waals surface area (Å²) in [5.74, 6) is 0. The van der Waals surface area contributed by atoms with Gasteiger partial charge < -0.3 is 16.0 Å². The minimum atomic E-state index is 0.652. The van der Waals surface area contributed by atoms with Crippen LogP contribution in [0.2, 0.25) is 0 Å². The summed E-state index contributed by atoms with van der Waals surface area (Å²) < 4.78 is 0. The van der Waals surface area contributed by atoms with Crippen molar-refractivity contribution in [2.45, 2.75) is 32.2 Å². The first kappa shape index (κ1) is 12.2. The van der Waals surface area contributed by atoms with E-state index >= 15 is 0 Å². The Bertz CT molecular complexity index is 334. The van der Waals surface area contributed by atoms with Gasteiger partial charge in [0.2, 0.25) is 0 Å². The Labute approximate surface area is 104 Å². The molecule has 3 nitrogen and oxygen atoms in total. The van der Waals surface area contributed by atoms with Gasteiger partial charge in [-0.05, 0) is 43.7 Å². The predicted molar refractivity (Wildman–Crippen MR) is 74.4 cm³/mol. The molecule has 1 aromatic carbocycles. The molecule has 1 heterocycles. The Kier molecular flexibility index (Phi) is 4.26. The van der Waals surface area contributed by atoms with Crippen molar-refractivity contribution in [3.63, 3.8) is 0 Å². The van der Waals surface area contributed by atoms with Crippen molar-refractivity contribution in [3.8, 4) is 0 Å². The van der Waals surface area contributed by atoms with E-state index in [1.54, 1.807) is 0 Å². The summed E-state index contributed by atoms with van der Waals surface area (Å²) in [5.41, 5.74) is 7.83. The van der Waals surface area contributed by atoms with Crippen LogP contribution >= 0.6 is 0 Å². The van der Waals surface area contributed by atoms with Gasteiger partial charge in [0, 0.05) is 30.5 Å². The van der Waals surface area contributed by atoms with Crippen LogP contribution in [0.15, 0.2) is 24.3 Å². The van der Waals surface area contributed by atoms with Gasteiger partial charge >= 0.3 is 0 Å². The van der Waals surface area contributed by atoms with Crippen LogP contribution in [0, 0.1) is 0 Å². The second kappa shape index (κ2) is 5.92. The van der Waals surface area contributed by atoms with Crippen molar-refractivity contribution in [2.75, 3.05) is 30.3 Å². The SMILES string of the molecule is CCCCNC1CCN(c2ccc(N)cc2)C1. The van der Waals surface area contributed by atoms with Crippen molar-refractivity contribution in [1.29, 1.82) is 0 Å². The van der Waals surface area contributed by atoms with Gasteiger partial charge in [-0.15, -0.1) is 0 Å². The second-order valence-corrected chi connectivity index (χ2v) is 4.83. The topological polar surface area (TPSA) is 41.3 Å². The van der Waals surface area contributed by atoms with Crippen LogP contribution in [0.3, 0.4) is 0 Å². The first-order valence-electron chi connectivity index (χ1n) is 6.63. The molecule has 1 aliphatic rings. The molecule has 0 aromatic heterocycles. The number of hydrogen-bond acceptors (Lipinski definition) is 3. The van der Waals surface area contributed by atoms with Crippen molar-refractivity contribution in [3.05, 3.63) is 24.3 Å². The summed E-state index contributed by atoms with van der Waals surface area (Å²) in [5, 5.41) is 3.63. The fraction of sp³-hybridized carbons (Fsp3) is 0.571. The Morgan fingerprint density at radius 3 is 2.82 bits per heavy atom. The maximum absolute atomic E-state index is 5.70. The summed E-state index contributed by atoms with van der Waals surface area (Å²) in [6.07, 6.45) is 3.79. The molecule has 0 spiro atoms. The zero-order chi connectivity index (χ0) is 12.1. The van der Waals surface area contributed by atoms with E-state index in [-0.39, 0.29) is 0 Å². The number of rotatable bonds is 5. The molecule has 94 valence electrons. The molecular formula is C14H23N3. The van der Waals surface area contributed by atoms with Crippen molar-refractivity contribution in [1.82, 2.24) is 5.32 Å². The molecule has 0 amide bonds. The Hall–Kier alpha value is -1.22. The molecule has 1 aliphatic heterocycles. The number of nitrogen functional groups attached to an aromatic ring is 1. The minimum Gasteiger partial charge on any atom is -0.399 e. The van der Waals surface area contributed by atoms with Crippen LogP contribution in [0.5, 0.6) is 0 Å².